The van der Waals surface area contributed by atoms with E-state index < -0.39 is 18.1 Å². The van der Waals surface area contributed by atoms with Gasteiger partial charge < -0.3 is 34.8 Å². The monoisotopic (exact) mass is 606 g/mol. The zero-order chi connectivity index (χ0) is 30.8. The van der Waals surface area contributed by atoms with Crippen LogP contribution in [0.25, 0.3) is 10.2 Å². The molecule has 43 heavy (non-hydrogen) atoms. The van der Waals surface area contributed by atoms with E-state index in [1.54, 1.807) is 50.9 Å². The van der Waals surface area contributed by atoms with Crippen LogP contribution in [0.5, 0.6) is 5.75 Å². The van der Waals surface area contributed by atoms with E-state index in [1.807, 2.05) is 31.2 Å². The third-order valence-corrected chi connectivity index (χ3v) is 8.53. The second-order valence-corrected chi connectivity index (χ2v) is 11.8. The molecule has 0 spiro atoms. The van der Waals surface area contributed by atoms with E-state index in [0.29, 0.717) is 28.3 Å². The fourth-order valence-corrected chi connectivity index (χ4v) is 5.78. The van der Waals surface area contributed by atoms with Crippen LogP contribution in [0.15, 0.2) is 47.0 Å². The summed E-state index contributed by atoms with van der Waals surface area (Å²) in [6, 6.07) is 11.6. The summed E-state index contributed by atoms with van der Waals surface area (Å²) < 4.78 is 12.6. The standard InChI is InChI=1S/C30H34N6O6S/c1-16-13-36(17(2)15-37)29(39)20-9-8-11-22(31-27(38)28-32-21-10-6-7-12-24(21)43-28)26(20)41-23(16)14-35(5)30(40)33-25-18(3)34-42-19(25)4/h6-12,16-17,23,37H,13-15H2,1-5H3,(H,31,38)(H,33,40)/t16-,17+,23+/m1/s1. The van der Waals surface area contributed by atoms with Crippen molar-refractivity contribution in [3.05, 3.63) is 64.5 Å². The lowest BCUT2D eigenvalue weighted by Gasteiger charge is -2.38. The fourth-order valence-electron chi connectivity index (χ4n) is 4.92. The zero-order valence-electron chi connectivity index (χ0n) is 24.6. The van der Waals surface area contributed by atoms with Crippen molar-refractivity contribution < 1.29 is 28.8 Å². The third kappa shape index (κ3) is 6.18. The molecular formula is C30H34N6O6S. The lowest BCUT2D eigenvalue weighted by Crippen LogP contribution is -2.50. The number of carbonyl (C=O) groups excluding carboxylic acids is 3. The Morgan fingerprint density at radius 1 is 1.19 bits per heavy atom. The van der Waals surface area contributed by atoms with Gasteiger partial charge >= 0.3 is 6.03 Å². The van der Waals surface area contributed by atoms with Gasteiger partial charge in [-0.1, -0.05) is 30.3 Å². The van der Waals surface area contributed by atoms with Crippen molar-refractivity contribution in [2.45, 2.75) is 39.8 Å². The molecule has 4 amide bonds. The average molecular weight is 607 g/mol. The molecule has 12 nitrogen and oxygen atoms in total. The topological polar surface area (TPSA) is 150 Å². The lowest BCUT2D eigenvalue weighted by molar-refractivity contribution is 0.0372. The van der Waals surface area contributed by atoms with Crippen LogP contribution >= 0.6 is 11.3 Å². The number of urea groups is 1. The van der Waals surface area contributed by atoms with Crippen molar-refractivity contribution in [3.63, 3.8) is 0 Å². The highest BCUT2D eigenvalue weighted by molar-refractivity contribution is 7.20. The van der Waals surface area contributed by atoms with E-state index in [1.165, 1.54) is 16.2 Å². The SMILES string of the molecule is Cc1noc(C)c1NC(=O)N(C)C[C@@H]1Oc2c(NC(=O)c3nc4ccccc4s3)cccc2C(=O)N([C@@H](C)CO)C[C@H]1C. The van der Waals surface area contributed by atoms with Crippen molar-refractivity contribution in [2.75, 3.05) is 37.4 Å². The molecule has 3 atom stereocenters. The molecule has 4 aromatic rings. The van der Waals surface area contributed by atoms with E-state index in [-0.39, 0.29) is 53.9 Å². The highest BCUT2D eigenvalue weighted by Gasteiger charge is 2.35. The second-order valence-electron chi connectivity index (χ2n) is 10.8. The number of hydrogen-bond donors (Lipinski definition) is 3. The molecule has 1 aliphatic rings. The first-order chi connectivity index (χ1) is 20.6. The Bertz CT molecular complexity index is 1620. The summed E-state index contributed by atoms with van der Waals surface area (Å²) in [5.41, 5.74) is 2.32. The molecule has 2 aromatic carbocycles. The molecule has 0 aliphatic carbocycles. The summed E-state index contributed by atoms with van der Waals surface area (Å²) in [7, 11) is 1.64. The van der Waals surface area contributed by atoms with Gasteiger partial charge in [-0.2, -0.15) is 0 Å². The number of ether oxygens (including phenoxy) is 1. The highest BCUT2D eigenvalue weighted by atomic mass is 32.1. The number of aliphatic hydroxyl groups excluding tert-OH is 1. The van der Waals surface area contributed by atoms with Crippen LogP contribution in [0.4, 0.5) is 16.2 Å². The molecule has 0 saturated heterocycles. The van der Waals surface area contributed by atoms with Gasteiger partial charge in [-0.15, -0.1) is 11.3 Å². The minimum absolute atomic E-state index is 0.158. The Kier molecular flexibility index (Phi) is 8.64. The Morgan fingerprint density at radius 3 is 2.65 bits per heavy atom. The van der Waals surface area contributed by atoms with Gasteiger partial charge in [-0.25, -0.2) is 9.78 Å². The lowest BCUT2D eigenvalue weighted by atomic mass is 9.99. The van der Waals surface area contributed by atoms with E-state index in [4.69, 9.17) is 9.26 Å². The maximum atomic E-state index is 13.8. The van der Waals surface area contributed by atoms with Crippen molar-refractivity contribution in [3.8, 4) is 5.75 Å². The van der Waals surface area contributed by atoms with Gasteiger partial charge in [-0.05, 0) is 45.0 Å². The number of aryl methyl sites for hydroxylation is 2. The second kappa shape index (κ2) is 12.4. The molecular weight excluding hydrogens is 572 g/mol. The molecule has 13 heteroatoms. The minimum Gasteiger partial charge on any atom is -0.485 e. The van der Waals surface area contributed by atoms with Crippen LogP contribution in [0.3, 0.4) is 0 Å². The molecule has 5 rings (SSSR count). The van der Waals surface area contributed by atoms with Crippen molar-refractivity contribution in [1.29, 1.82) is 0 Å². The molecule has 1 aliphatic heterocycles. The molecule has 0 bridgehead atoms. The van der Waals surface area contributed by atoms with Gasteiger partial charge in [0.25, 0.3) is 11.8 Å². The van der Waals surface area contributed by atoms with Crippen molar-refractivity contribution >= 4 is 50.8 Å². The summed E-state index contributed by atoms with van der Waals surface area (Å²) >= 11 is 1.26. The number of nitrogens with one attached hydrogen (secondary N) is 2. The molecule has 0 unspecified atom stereocenters. The highest BCUT2D eigenvalue weighted by Crippen LogP contribution is 2.35. The van der Waals surface area contributed by atoms with Crippen LogP contribution in [-0.4, -0.2) is 81.8 Å². The Balaban J connectivity index is 1.46. The van der Waals surface area contributed by atoms with Gasteiger partial charge in [0.2, 0.25) is 0 Å². The average Bonchev–Trinajstić information content (AvgIpc) is 3.57. The third-order valence-electron chi connectivity index (χ3n) is 7.49. The Hall–Kier alpha value is -4.49. The quantitative estimate of drug-likeness (QED) is 0.278. The number of para-hydroxylation sites is 2. The molecule has 3 heterocycles. The smallest absolute Gasteiger partial charge is 0.321 e. The summed E-state index contributed by atoms with van der Waals surface area (Å²) in [6.07, 6.45) is -0.582. The first-order valence-corrected chi connectivity index (χ1v) is 14.7. The number of thiazole rings is 1. The van der Waals surface area contributed by atoms with Gasteiger partial charge in [0.15, 0.2) is 16.5 Å². The van der Waals surface area contributed by atoms with E-state index in [9.17, 15) is 19.5 Å². The molecule has 2 aromatic heterocycles. The fraction of sp³-hybridized carbons (Fsp3) is 0.367. The van der Waals surface area contributed by atoms with Crippen molar-refractivity contribution in [2.24, 2.45) is 5.92 Å². The number of amides is 4. The Labute approximate surface area is 252 Å². The number of nitrogens with zero attached hydrogens (tertiary/aromatic N) is 4. The van der Waals surface area contributed by atoms with Gasteiger partial charge in [-0.3, -0.25) is 9.59 Å². The van der Waals surface area contributed by atoms with Gasteiger partial charge in [0.05, 0.1) is 40.7 Å². The first kappa shape index (κ1) is 30.0. The van der Waals surface area contributed by atoms with E-state index in [2.05, 4.69) is 20.8 Å². The van der Waals surface area contributed by atoms with Crippen molar-refractivity contribution in [1.82, 2.24) is 19.9 Å². The number of benzene rings is 2. The van der Waals surface area contributed by atoms with Crippen LogP contribution < -0.4 is 15.4 Å². The number of anilines is 2. The number of aliphatic hydroxyl groups is 1. The summed E-state index contributed by atoms with van der Waals surface area (Å²) in [5, 5.41) is 19.8. The number of likely N-dealkylation sites (N-methyl/N-ethyl adjacent to an activating group) is 1. The Morgan fingerprint density at radius 2 is 1.95 bits per heavy atom. The van der Waals surface area contributed by atoms with E-state index >= 15 is 0 Å². The normalized spacial score (nSPS) is 17.4. The zero-order valence-corrected chi connectivity index (χ0v) is 25.4. The maximum absolute atomic E-state index is 13.8. The van der Waals surface area contributed by atoms with Gasteiger partial charge in [0, 0.05) is 19.5 Å². The molecule has 3 N–H and O–H groups in total. The minimum atomic E-state index is -0.582. The molecule has 0 fully saturated rings. The van der Waals surface area contributed by atoms with E-state index in [0.717, 1.165) is 4.70 Å². The van der Waals surface area contributed by atoms with Crippen LogP contribution in [-0.2, 0) is 0 Å². The van der Waals surface area contributed by atoms with Gasteiger partial charge in [0.1, 0.15) is 17.5 Å². The molecule has 0 radical (unpaired) electrons. The summed E-state index contributed by atoms with van der Waals surface area (Å²) in [5.74, 6) is -0.345. The number of hydrogen-bond acceptors (Lipinski definition) is 9. The number of aromatic nitrogens is 2. The molecule has 226 valence electrons. The van der Waals surface area contributed by atoms with Crippen LogP contribution in [0, 0.1) is 19.8 Å². The predicted octanol–water partition coefficient (Wildman–Crippen LogP) is 4.54. The van der Waals surface area contributed by atoms with Crippen LogP contribution in [0.2, 0.25) is 0 Å². The number of rotatable bonds is 7. The summed E-state index contributed by atoms with van der Waals surface area (Å²) in [6.45, 7) is 7.35. The first-order valence-electron chi connectivity index (χ1n) is 13.9. The summed E-state index contributed by atoms with van der Waals surface area (Å²) in [4.78, 5) is 47.8. The largest absolute Gasteiger partial charge is 0.485 e. The number of fused-ring (bicyclic) bond motifs is 2. The predicted molar refractivity (Wildman–Crippen MR) is 163 cm³/mol. The van der Waals surface area contributed by atoms with Crippen LogP contribution in [0.1, 0.15) is 45.5 Å². The maximum Gasteiger partial charge on any atom is 0.321 e. The number of carbonyl (C=O) groups is 3. The molecule has 0 saturated carbocycles.